The van der Waals surface area contributed by atoms with Gasteiger partial charge in [-0.2, -0.15) is 26.3 Å². The molecule has 0 spiro atoms. The molecule has 194 valence electrons. The van der Waals surface area contributed by atoms with E-state index in [0.29, 0.717) is 35.8 Å². The van der Waals surface area contributed by atoms with Crippen LogP contribution in [0.2, 0.25) is 5.02 Å². The van der Waals surface area contributed by atoms with E-state index in [9.17, 15) is 31.1 Å². The van der Waals surface area contributed by atoms with Crippen molar-refractivity contribution >= 4 is 17.5 Å². The maximum atomic E-state index is 13.3. The molecule has 3 rings (SSSR count). The second-order valence-electron chi connectivity index (χ2n) is 8.12. The molecular formula is C25H23ClF6N2O2. The van der Waals surface area contributed by atoms with Crippen LogP contribution < -0.4 is 0 Å². The van der Waals surface area contributed by atoms with Crippen molar-refractivity contribution in [3.05, 3.63) is 93.8 Å². The van der Waals surface area contributed by atoms with E-state index >= 15 is 0 Å². The lowest BCUT2D eigenvalue weighted by atomic mass is 10.0. The predicted molar refractivity (Wildman–Crippen MR) is 123 cm³/mol. The number of ether oxygens (including phenoxy) is 1. The van der Waals surface area contributed by atoms with Crippen LogP contribution in [0.1, 0.15) is 39.2 Å². The fourth-order valence-corrected chi connectivity index (χ4v) is 3.90. The summed E-state index contributed by atoms with van der Waals surface area (Å²) in [5.74, 6) is -0.946. The van der Waals surface area contributed by atoms with Gasteiger partial charge in [0.2, 0.25) is 0 Å². The van der Waals surface area contributed by atoms with Crippen molar-refractivity contribution < 1.29 is 35.9 Å². The Labute approximate surface area is 209 Å². The monoisotopic (exact) mass is 532 g/mol. The van der Waals surface area contributed by atoms with Gasteiger partial charge in [-0.05, 0) is 54.4 Å². The molecule has 0 aliphatic heterocycles. The second kappa shape index (κ2) is 11.4. The first-order chi connectivity index (χ1) is 16.9. The van der Waals surface area contributed by atoms with Crippen LogP contribution in [0.4, 0.5) is 26.3 Å². The number of rotatable bonds is 9. The number of benzene rings is 2. The molecule has 3 aromatic rings. The molecule has 0 N–H and O–H groups in total. The second-order valence-corrected chi connectivity index (χ2v) is 8.56. The zero-order valence-electron chi connectivity index (χ0n) is 19.2. The highest BCUT2D eigenvalue weighted by atomic mass is 35.5. The Hall–Kier alpha value is -2.98. The lowest BCUT2D eigenvalue weighted by molar-refractivity contribution is -0.143. The first kappa shape index (κ1) is 27.6. The third-order valence-electron chi connectivity index (χ3n) is 5.42. The first-order valence-corrected chi connectivity index (χ1v) is 11.2. The van der Waals surface area contributed by atoms with E-state index in [-0.39, 0.29) is 25.8 Å². The summed E-state index contributed by atoms with van der Waals surface area (Å²) >= 11 is 6.04. The maximum Gasteiger partial charge on any atom is 0.416 e. The van der Waals surface area contributed by atoms with E-state index < -0.39 is 35.0 Å². The lowest BCUT2D eigenvalue weighted by Crippen LogP contribution is -2.33. The molecule has 2 aromatic carbocycles. The molecule has 0 radical (unpaired) electrons. The fourth-order valence-electron chi connectivity index (χ4n) is 3.69. The number of carbonyl (C=O) groups is 1. The summed E-state index contributed by atoms with van der Waals surface area (Å²) in [4.78, 5) is 14.5. The number of methoxy groups -OCH3 is 1. The first-order valence-electron chi connectivity index (χ1n) is 10.8. The smallest absolute Gasteiger partial charge is 0.385 e. The molecule has 1 aromatic heterocycles. The van der Waals surface area contributed by atoms with Gasteiger partial charge in [-0.3, -0.25) is 4.79 Å². The molecule has 11 heteroatoms. The topological polar surface area (TPSA) is 34.5 Å². The van der Waals surface area contributed by atoms with E-state index in [4.69, 9.17) is 16.3 Å². The molecule has 0 saturated heterocycles. The summed E-state index contributed by atoms with van der Waals surface area (Å²) in [7, 11) is 1.45. The van der Waals surface area contributed by atoms with Crippen LogP contribution in [-0.4, -0.2) is 35.6 Å². The van der Waals surface area contributed by atoms with Crippen LogP contribution in [0.25, 0.3) is 0 Å². The average Bonchev–Trinajstić information content (AvgIpc) is 3.23. The molecule has 1 amide bonds. The van der Waals surface area contributed by atoms with Gasteiger partial charge >= 0.3 is 12.4 Å². The Bertz CT molecular complexity index is 1160. The van der Waals surface area contributed by atoms with Crippen LogP contribution in [0.5, 0.6) is 0 Å². The minimum Gasteiger partial charge on any atom is -0.385 e. The summed E-state index contributed by atoms with van der Waals surface area (Å²) < 4.78 is 86.8. The predicted octanol–water partition coefficient (Wildman–Crippen LogP) is 6.91. The van der Waals surface area contributed by atoms with Gasteiger partial charge in [0, 0.05) is 49.3 Å². The van der Waals surface area contributed by atoms with Crippen LogP contribution in [0, 0.1) is 0 Å². The fraction of sp³-hybridized carbons (Fsp3) is 0.320. The van der Waals surface area contributed by atoms with Gasteiger partial charge in [0.1, 0.15) is 0 Å². The maximum absolute atomic E-state index is 13.3. The number of alkyl halides is 6. The summed E-state index contributed by atoms with van der Waals surface area (Å²) in [5, 5.41) is 0.544. The van der Waals surface area contributed by atoms with Crippen molar-refractivity contribution in [3.8, 4) is 0 Å². The molecule has 0 fully saturated rings. The van der Waals surface area contributed by atoms with Gasteiger partial charge in [0.25, 0.3) is 5.91 Å². The Morgan fingerprint density at radius 2 is 1.64 bits per heavy atom. The Morgan fingerprint density at radius 1 is 0.972 bits per heavy atom. The zero-order valence-corrected chi connectivity index (χ0v) is 19.9. The number of carbonyl (C=O) groups excluding carboxylic acids is 1. The highest BCUT2D eigenvalue weighted by Crippen LogP contribution is 2.36. The summed E-state index contributed by atoms with van der Waals surface area (Å²) in [6, 6.07) is 11.5. The molecule has 0 unspecified atom stereocenters. The SMILES string of the molecule is COCCCN(Cc1cccn1Cc1cccc(Cl)c1)C(=O)c1cc(C(F)(F)F)cc(C(F)(F)F)c1. The van der Waals surface area contributed by atoms with Crippen LogP contribution >= 0.6 is 11.6 Å². The van der Waals surface area contributed by atoms with Gasteiger partial charge in [0.15, 0.2) is 0 Å². The van der Waals surface area contributed by atoms with Crippen molar-refractivity contribution in [3.63, 3.8) is 0 Å². The Balaban J connectivity index is 1.94. The van der Waals surface area contributed by atoms with Crippen molar-refractivity contribution in [2.24, 2.45) is 0 Å². The molecule has 36 heavy (non-hydrogen) atoms. The molecule has 0 aliphatic carbocycles. The van der Waals surface area contributed by atoms with Crippen molar-refractivity contribution in [2.75, 3.05) is 20.3 Å². The van der Waals surface area contributed by atoms with Crippen molar-refractivity contribution in [2.45, 2.75) is 31.9 Å². The van der Waals surface area contributed by atoms with E-state index in [1.165, 1.54) is 12.0 Å². The number of hydrogen-bond acceptors (Lipinski definition) is 2. The quantitative estimate of drug-likeness (QED) is 0.222. The third-order valence-corrected chi connectivity index (χ3v) is 5.65. The lowest BCUT2D eigenvalue weighted by Gasteiger charge is -2.25. The minimum absolute atomic E-state index is 0.00217. The minimum atomic E-state index is -5.05. The van der Waals surface area contributed by atoms with Gasteiger partial charge in [-0.25, -0.2) is 0 Å². The van der Waals surface area contributed by atoms with Gasteiger partial charge in [-0.15, -0.1) is 0 Å². The zero-order chi connectivity index (χ0) is 26.5. The van der Waals surface area contributed by atoms with Crippen molar-refractivity contribution in [1.29, 1.82) is 0 Å². The molecular weight excluding hydrogens is 510 g/mol. The molecule has 0 saturated carbocycles. The molecule has 0 aliphatic rings. The molecule has 4 nitrogen and oxygen atoms in total. The number of halogens is 7. The van der Waals surface area contributed by atoms with Crippen LogP contribution in [0.15, 0.2) is 60.8 Å². The van der Waals surface area contributed by atoms with Crippen LogP contribution in [-0.2, 0) is 30.2 Å². The average molecular weight is 533 g/mol. The molecule has 0 bridgehead atoms. The van der Waals surface area contributed by atoms with Gasteiger partial charge < -0.3 is 14.2 Å². The van der Waals surface area contributed by atoms with E-state index in [1.54, 1.807) is 36.5 Å². The molecule has 1 heterocycles. The van der Waals surface area contributed by atoms with Gasteiger partial charge in [-0.1, -0.05) is 23.7 Å². The number of amides is 1. The molecule has 0 atom stereocenters. The standard InChI is InChI=1S/C25H23ClF6N2O2/c1-36-10-4-9-34(16-22-7-3-8-33(22)15-17-5-2-6-21(26)11-17)23(35)18-12-19(24(27,28)29)14-20(13-18)25(30,31)32/h2-3,5-8,11-14H,4,9-10,15-16H2,1H3. The van der Waals surface area contributed by atoms with E-state index in [0.717, 1.165) is 5.56 Å². The largest absolute Gasteiger partial charge is 0.416 e. The summed E-state index contributed by atoms with van der Waals surface area (Å²) in [6.45, 7) is 0.689. The van der Waals surface area contributed by atoms with E-state index in [2.05, 4.69) is 0 Å². The number of nitrogens with zero attached hydrogens (tertiary/aromatic N) is 2. The third kappa shape index (κ3) is 7.27. The highest BCUT2D eigenvalue weighted by Gasteiger charge is 2.38. The number of hydrogen-bond donors (Lipinski definition) is 0. The summed E-state index contributed by atoms with van der Waals surface area (Å²) in [6.07, 6.45) is -8.01. The number of aromatic nitrogens is 1. The normalized spacial score (nSPS) is 12.1. The van der Waals surface area contributed by atoms with Crippen LogP contribution in [0.3, 0.4) is 0 Å². The van der Waals surface area contributed by atoms with E-state index in [1.807, 2.05) is 10.6 Å². The van der Waals surface area contributed by atoms with Crippen molar-refractivity contribution in [1.82, 2.24) is 9.47 Å². The van der Waals surface area contributed by atoms with Gasteiger partial charge in [0.05, 0.1) is 17.7 Å². The Kier molecular flexibility index (Phi) is 8.73. The Morgan fingerprint density at radius 3 is 2.22 bits per heavy atom. The highest BCUT2D eigenvalue weighted by molar-refractivity contribution is 6.30. The summed E-state index contributed by atoms with van der Waals surface area (Å²) in [5.41, 5.74) is -2.25.